The molecule has 1 aromatic heterocycles. The second-order valence-corrected chi connectivity index (χ2v) is 7.28. The van der Waals surface area contributed by atoms with Crippen LogP contribution in [0, 0.1) is 13.8 Å². The molecule has 0 radical (unpaired) electrons. The average Bonchev–Trinajstić information content (AvgIpc) is 2.70. The summed E-state index contributed by atoms with van der Waals surface area (Å²) in [5.74, 6) is -1.45. The number of carbonyl (C=O) groups is 2. The van der Waals surface area contributed by atoms with E-state index >= 15 is 0 Å². The highest BCUT2D eigenvalue weighted by Gasteiger charge is 2.35. The molecule has 2 aromatic carbocycles. The molecule has 0 fully saturated rings. The molecule has 2 amide bonds. The maximum atomic E-state index is 13.0. The molecule has 0 bridgehead atoms. The largest absolute Gasteiger partial charge is 0.326 e. The third-order valence-corrected chi connectivity index (χ3v) is 4.96. The summed E-state index contributed by atoms with van der Waals surface area (Å²) in [5, 5.41) is 8.44. The Kier molecular flexibility index (Phi) is 5.05. The van der Waals surface area contributed by atoms with Crippen molar-refractivity contribution < 1.29 is 9.59 Å². The minimum absolute atomic E-state index is 0.0922. The summed E-state index contributed by atoms with van der Waals surface area (Å²) < 4.78 is 0. The van der Waals surface area contributed by atoms with Gasteiger partial charge in [-0.05, 0) is 43.2 Å². The van der Waals surface area contributed by atoms with Gasteiger partial charge in [-0.2, -0.15) is 4.98 Å². The van der Waals surface area contributed by atoms with E-state index in [9.17, 15) is 14.4 Å². The number of anilines is 4. The van der Waals surface area contributed by atoms with E-state index < -0.39 is 17.4 Å². The number of amides is 2. The van der Waals surface area contributed by atoms with Crippen molar-refractivity contribution >= 4 is 35.0 Å². The molecular formula is C22H21N5O3. The van der Waals surface area contributed by atoms with Crippen LogP contribution in [0.2, 0.25) is 0 Å². The molecule has 0 saturated heterocycles. The van der Waals surface area contributed by atoms with E-state index in [0.29, 0.717) is 5.69 Å². The summed E-state index contributed by atoms with van der Waals surface area (Å²) >= 11 is 0. The smallest absolute Gasteiger partial charge is 0.258 e. The highest BCUT2D eigenvalue weighted by atomic mass is 16.2. The molecule has 1 aliphatic heterocycles. The summed E-state index contributed by atoms with van der Waals surface area (Å²) in [5.41, 5.74) is 2.94. The molecule has 4 N–H and O–H groups in total. The molecule has 1 aliphatic rings. The number of benzene rings is 2. The van der Waals surface area contributed by atoms with Gasteiger partial charge in [0.1, 0.15) is 5.82 Å². The summed E-state index contributed by atoms with van der Waals surface area (Å²) in [7, 11) is 0. The van der Waals surface area contributed by atoms with Crippen LogP contribution < -0.4 is 21.5 Å². The monoisotopic (exact) mass is 403 g/mol. The van der Waals surface area contributed by atoms with Crippen LogP contribution in [0.15, 0.2) is 53.3 Å². The number of aromatic amines is 1. The maximum absolute atomic E-state index is 13.0. The van der Waals surface area contributed by atoms with Crippen LogP contribution in [0.5, 0.6) is 0 Å². The Bertz CT molecular complexity index is 1190. The van der Waals surface area contributed by atoms with Gasteiger partial charge in [0.05, 0.1) is 11.5 Å². The van der Waals surface area contributed by atoms with Crippen LogP contribution in [0.3, 0.4) is 0 Å². The predicted molar refractivity (Wildman–Crippen MR) is 115 cm³/mol. The molecule has 3 aromatic rings. The van der Waals surface area contributed by atoms with Gasteiger partial charge in [0.25, 0.3) is 5.56 Å². The summed E-state index contributed by atoms with van der Waals surface area (Å²) in [4.78, 5) is 45.0. The molecule has 8 heteroatoms. The number of H-pyrrole nitrogens is 1. The van der Waals surface area contributed by atoms with Gasteiger partial charge in [-0.3, -0.25) is 19.4 Å². The molecule has 152 valence electrons. The van der Waals surface area contributed by atoms with Gasteiger partial charge in [-0.1, -0.05) is 30.3 Å². The number of fused-ring (bicyclic) bond motifs is 1. The molecule has 0 spiro atoms. The number of carbonyl (C=O) groups excluding carboxylic acids is 2. The van der Waals surface area contributed by atoms with Gasteiger partial charge in [0.15, 0.2) is 0 Å². The van der Waals surface area contributed by atoms with Crippen LogP contribution in [0.4, 0.5) is 23.1 Å². The Balaban J connectivity index is 1.66. The van der Waals surface area contributed by atoms with E-state index in [4.69, 9.17) is 0 Å². The minimum atomic E-state index is -0.935. The Morgan fingerprint density at radius 2 is 1.87 bits per heavy atom. The third-order valence-electron chi connectivity index (χ3n) is 4.96. The first-order chi connectivity index (χ1) is 14.4. The molecule has 4 rings (SSSR count). The second kappa shape index (κ2) is 7.82. The first-order valence-electron chi connectivity index (χ1n) is 9.55. The lowest BCUT2D eigenvalue weighted by molar-refractivity contribution is -0.123. The highest BCUT2D eigenvalue weighted by molar-refractivity contribution is 6.04. The number of hydrogen-bond donors (Lipinski definition) is 4. The Labute approximate surface area is 172 Å². The number of rotatable bonds is 4. The van der Waals surface area contributed by atoms with E-state index in [0.717, 1.165) is 16.8 Å². The minimum Gasteiger partial charge on any atom is -0.326 e. The van der Waals surface area contributed by atoms with Gasteiger partial charge in [0.2, 0.25) is 17.8 Å². The fraction of sp³-hybridized carbons (Fsp3) is 0.182. The third kappa shape index (κ3) is 3.93. The van der Waals surface area contributed by atoms with Gasteiger partial charge in [-0.25, -0.2) is 0 Å². The molecular weight excluding hydrogens is 382 g/mol. The number of aryl methyl sites for hydroxylation is 2. The fourth-order valence-corrected chi connectivity index (χ4v) is 3.40. The van der Waals surface area contributed by atoms with Crippen LogP contribution in [-0.4, -0.2) is 21.8 Å². The van der Waals surface area contributed by atoms with E-state index in [1.165, 1.54) is 0 Å². The fourth-order valence-electron chi connectivity index (χ4n) is 3.40. The van der Waals surface area contributed by atoms with Gasteiger partial charge >= 0.3 is 0 Å². The van der Waals surface area contributed by atoms with Crippen LogP contribution in [-0.2, 0) is 9.59 Å². The van der Waals surface area contributed by atoms with Crippen molar-refractivity contribution in [1.29, 1.82) is 0 Å². The molecule has 30 heavy (non-hydrogen) atoms. The number of para-hydroxylation sites is 1. The van der Waals surface area contributed by atoms with E-state index in [2.05, 4.69) is 25.9 Å². The van der Waals surface area contributed by atoms with Crippen molar-refractivity contribution in [3.63, 3.8) is 0 Å². The zero-order valence-corrected chi connectivity index (χ0v) is 16.6. The SMILES string of the molecule is Cc1ccc(C)c(NC(=O)[C@@H]2CC(=O)Nc3nc(Nc4ccccc4)[nH]c(=O)c32)c1. The van der Waals surface area contributed by atoms with E-state index in [1.807, 2.05) is 62.4 Å². The Morgan fingerprint density at radius 3 is 2.63 bits per heavy atom. The topological polar surface area (TPSA) is 116 Å². The molecule has 0 saturated carbocycles. The van der Waals surface area contributed by atoms with Crippen molar-refractivity contribution in [1.82, 2.24) is 9.97 Å². The standard InChI is InChI=1S/C22H21N5O3/c1-12-8-9-13(2)16(10-12)24-20(29)15-11-17(28)25-19-18(15)21(30)27-22(26-19)23-14-6-4-3-5-7-14/h3-10,15H,11H2,1-2H3,(H,24,29)(H3,23,25,26,27,28,30)/t15-/m1/s1. The molecule has 0 aliphatic carbocycles. The highest BCUT2D eigenvalue weighted by Crippen LogP contribution is 2.30. The molecule has 0 unspecified atom stereocenters. The van der Waals surface area contributed by atoms with E-state index in [1.54, 1.807) is 0 Å². The lowest BCUT2D eigenvalue weighted by atomic mass is 9.92. The lowest BCUT2D eigenvalue weighted by Crippen LogP contribution is -2.36. The summed E-state index contributed by atoms with van der Waals surface area (Å²) in [6.07, 6.45) is -0.125. The van der Waals surface area contributed by atoms with Crippen molar-refractivity contribution in [3.8, 4) is 0 Å². The van der Waals surface area contributed by atoms with Crippen molar-refractivity contribution in [2.45, 2.75) is 26.2 Å². The van der Waals surface area contributed by atoms with Crippen LogP contribution >= 0.6 is 0 Å². The van der Waals surface area contributed by atoms with Crippen LogP contribution in [0.1, 0.15) is 29.0 Å². The average molecular weight is 403 g/mol. The normalized spacial score (nSPS) is 15.1. The van der Waals surface area contributed by atoms with Crippen molar-refractivity contribution in [2.75, 3.05) is 16.0 Å². The number of aromatic nitrogens is 2. The number of hydrogen-bond acceptors (Lipinski definition) is 5. The zero-order valence-electron chi connectivity index (χ0n) is 16.6. The first kappa shape index (κ1) is 19.4. The van der Waals surface area contributed by atoms with Gasteiger partial charge in [-0.15, -0.1) is 0 Å². The van der Waals surface area contributed by atoms with Crippen molar-refractivity contribution in [2.24, 2.45) is 0 Å². The summed E-state index contributed by atoms with van der Waals surface area (Å²) in [6, 6.07) is 14.9. The Morgan fingerprint density at radius 1 is 1.10 bits per heavy atom. The molecule has 2 heterocycles. The quantitative estimate of drug-likeness (QED) is 0.534. The van der Waals surface area contributed by atoms with Gasteiger partial charge < -0.3 is 16.0 Å². The van der Waals surface area contributed by atoms with Crippen LogP contribution in [0.25, 0.3) is 0 Å². The molecule has 8 nitrogen and oxygen atoms in total. The summed E-state index contributed by atoms with van der Waals surface area (Å²) in [6.45, 7) is 3.81. The van der Waals surface area contributed by atoms with E-state index in [-0.39, 0.29) is 29.7 Å². The predicted octanol–water partition coefficient (Wildman–Crippen LogP) is 3.19. The lowest BCUT2D eigenvalue weighted by Gasteiger charge is -2.24. The van der Waals surface area contributed by atoms with Gasteiger partial charge in [0, 0.05) is 17.8 Å². The molecule has 1 atom stereocenters. The first-order valence-corrected chi connectivity index (χ1v) is 9.55. The van der Waals surface area contributed by atoms with Crippen molar-refractivity contribution in [3.05, 3.63) is 75.6 Å². The zero-order chi connectivity index (χ0) is 21.3. The second-order valence-electron chi connectivity index (χ2n) is 7.28. The maximum Gasteiger partial charge on any atom is 0.258 e. The number of nitrogens with one attached hydrogen (secondary N) is 4. The Hall–Kier alpha value is -3.94. The number of nitrogens with zero attached hydrogens (tertiary/aromatic N) is 1.